The van der Waals surface area contributed by atoms with Gasteiger partial charge < -0.3 is 0 Å². The van der Waals surface area contributed by atoms with Crippen LogP contribution in [0.4, 0.5) is 0 Å². The van der Waals surface area contributed by atoms with Crippen molar-refractivity contribution in [3.63, 3.8) is 0 Å². The number of rotatable bonds is 4. The molecule has 56 valence electrons. The normalized spacial score (nSPS) is 13.7. The maximum atomic E-state index is 2.36. The van der Waals surface area contributed by atoms with Crippen molar-refractivity contribution >= 4 is 15.1 Å². The third-order valence-electron chi connectivity index (χ3n) is 3.00. The Labute approximate surface area is 61.2 Å². The Morgan fingerprint density at radius 3 is 1.33 bits per heavy atom. The number of hydrogen-bond acceptors (Lipinski definition) is 0. The Morgan fingerprint density at radius 1 is 1.00 bits per heavy atom. The van der Waals surface area contributed by atoms with E-state index in [-0.39, 0.29) is 0 Å². The van der Waals surface area contributed by atoms with Crippen molar-refractivity contribution in [2.75, 3.05) is 24.5 Å². The van der Waals surface area contributed by atoms with Gasteiger partial charge in [0.2, 0.25) is 0 Å². The summed E-state index contributed by atoms with van der Waals surface area (Å²) in [6, 6.07) is 1.48. The van der Waals surface area contributed by atoms with Crippen molar-refractivity contribution in [3.8, 4) is 0 Å². The van der Waals surface area contributed by atoms with Crippen LogP contribution in [0, 0.1) is 0 Å². The van der Waals surface area contributed by atoms with Crippen LogP contribution >= 0.6 is 7.26 Å². The Morgan fingerprint density at radius 2 is 1.33 bits per heavy atom. The van der Waals surface area contributed by atoms with E-state index in [1.54, 1.807) is 0 Å². The Balaban J connectivity index is 3.82. The van der Waals surface area contributed by atoms with Crippen LogP contribution < -0.4 is 0 Å². The second kappa shape index (κ2) is 4.33. The fraction of sp³-hybridized carbons (Fsp3) is 1.00. The Kier molecular flexibility index (Phi) is 4.57. The van der Waals surface area contributed by atoms with Gasteiger partial charge in [-0.1, -0.05) is 0 Å². The molecule has 0 aliphatic rings. The van der Waals surface area contributed by atoms with E-state index in [0.717, 1.165) is 0 Å². The van der Waals surface area contributed by atoms with Gasteiger partial charge in [0.25, 0.3) is 0 Å². The van der Waals surface area contributed by atoms with E-state index in [1.165, 1.54) is 24.5 Å². The standard InChI is InChI=1S/C7H20BP/c1-4-9(5-2,6-3)7-8/h9H,4-8H2,1-3H3. The molecule has 0 heterocycles. The first kappa shape index (κ1) is 9.49. The molecule has 0 aromatic carbocycles. The minimum absolute atomic E-state index is 0.691. The fourth-order valence-corrected chi connectivity index (χ4v) is 4.50. The molecule has 0 atom stereocenters. The summed E-state index contributed by atoms with van der Waals surface area (Å²) in [6.45, 7) is 7.09. The van der Waals surface area contributed by atoms with Crippen molar-refractivity contribution in [2.24, 2.45) is 0 Å². The molecule has 0 spiro atoms. The van der Waals surface area contributed by atoms with Gasteiger partial charge in [0.15, 0.2) is 0 Å². The van der Waals surface area contributed by atoms with Crippen LogP contribution in [0.3, 0.4) is 0 Å². The molecule has 0 aliphatic heterocycles. The van der Waals surface area contributed by atoms with Gasteiger partial charge in [-0.25, -0.2) is 0 Å². The molecule has 0 unspecified atom stereocenters. The second-order valence-corrected chi connectivity index (χ2v) is 8.74. The molecule has 0 aliphatic carbocycles. The molecular weight excluding hydrogens is 126 g/mol. The van der Waals surface area contributed by atoms with Crippen LogP contribution in [0.1, 0.15) is 20.8 Å². The van der Waals surface area contributed by atoms with Gasteiger partial charge >= 0.3 is 60.4 Å². The van der Waals surface area contributed by atoms with Crippen LogP contribution in [0.2, 0.25) is 0 Å². The third kappa shape index (κ3) is 2.30. The molecule has 0 N–H and O–H groups in total. The molecule has 0 aromatic heterocycles. The minimum atomic E-state index is -0.691. The van der Waals surface area contributed by atoms with Crippen LogP contribution in [0.15, 0.2) is 0 Å². The molecule has 0 aromatic rings. The zero-order chi connectivity index (χ0) is 7.33. The summed E-state index contributed by atoms with van der Waals surface area (Å²) in [5, 5.41) is 0. The third-order valence-corrected chi connectivity index (χ3v) is 9.00. The van der Waals surface area contributed by atoms with Gasteiger partial charge in [0.1, 0.15) is 0 Å². The zero-order valence-electron chi connectivity index (χ0n) is 7.33. The predicted molar refractivity (Wildman–Crippen MR) is 53.3 cm³/mol. The molecule has 9 heavy (non-hydrogen) atoms. The number of hydrogen-bond donors (Lipinski definition) is 0. The first-order chi connectivity index (χ1) is 4.24. The van der Waals surface area contributed by atoms with Gasteiger partial charge in [0.05, 0.1) is 0 Å². The molecule has 0 amide bonds. The van der Waals surface area contributed by atoms with Crippen molar-refractivity contribution in [2.45, 2.75) is 20.8 Å². The summed E-state index contributed by atoms with van der Waals surface area (Å²) in [5.41, 5.74) is 0. The van der Waals surface area contributed by atoms with Crippen molar-refractivity contribution in [1.82, 2.24) is 0 Å². The van der Waals surface area contributed by atoms with Crippen LogP contribution in [-0.2, 0) is 0 Å². The topological polar surface area (TPSA) is 0 Å². The zero-order valence-corrected chi connectivity index (χ0v) is 8.33. The van der Waals surface area contributed by atoms with Gasteiger partial charge in [0, 0.05) is 0 Å². The summed E-state index contributed by atoms with van der Waals surface area (Å²) >= 11 is 0. The van der Waals surface area contributed by atoms with Crippen LogP contribution in [0.25, 0.3) is 0 Å². The monoisotopic (exact) mass is 146 g/mol. The summed E-state index contributed by atoms with van der Waals surface area (Å²) in [7, 11) is 1.67. The molecule has 0 saturated carbocycles. The van der Waals surface area contributed by atoms with Crippen LogP contribution in [-0.4, -0.2) is 32.4 Å². The average Bonchev–Trinajstić information content (AvgIpc) is 1.95. The maximum absolute atomic E-state index is 2.36. The molecule has 0 rings (SSSR count). The summed E-state index contributed by atoms with van der Waals surface area (Å²) in [6.07, 6.45) is 4.45. The van der Waals surface area contributed by atoms with E-state index in [9.17, 15) is 0 Å². The van der Waals surface area contributed by atoms with Crippen molar-refractivity contribution < 1.29 is 0 Å². The van der Waals surface area contributed by atoms with E-state index >= 15 is 0 Å². The predicted octanol–water partition coefficient (Wildman–Crippen LogP) is 1.39. The van der Waals surface area contributed by atoms with Gasteiger partial charge in [-0.2, -0.15) is 0 Å². The van der Waals surface area contributed by atoms with Gasteiger partial charge in [-0.3, -0.25) is 0 Å². The Hall–Kier alpha value is 0.495. The summed E-state index contributed by atoms with van der Waals surface area (Å²) in [5.74, 6) is 0. The molecule has 0 radical (unpaired) electrons. The van der Waals surface area contributed by atoms with E-state index in [1.807, 2.05) is 0 Å². The van der Waals surface area contributed by atoms with Crippen molar-refractivity contribution in [3.05, 3.63) is 0 Å². The van der Waals surface area contributed by atoms with Gasteiger partial charge in [-0.05, 0) is 0 Å². The summed E-state index contributed by atoms with van der Waals surface area (Å²) < 4.78 is 0. The quantitative estimate of drug-likeness (QED) is 0.415. The van der Waals surface area contributed by atoms with E-state index in [0.29, 0.717) is 0 Å². The average molecular weight is 146 g/mol. The first-order valence-corrected chi connectivity index (χ1v) is 7.07. The molecule has 0 fully saturated rings. The van der Waals surface area contributed by atoms with E-state index in [4.69, 9.17) is 0 Å². The van der Waals surface area contributed by atoms with Crippen LogP contribution in [0.5, 0.6) is 0 Å². The Bertz CT molecular complexity index is 51.8. The van der Waals surface area contributed by atoms with E-state index < -0.39 is 7.26 Å². The first-order valence-electron chi connectivity index (χ1n) is 4.24. The SMILES string of the molecule is BC[PH](CC)(CC)CC. The summed E-state index contributed by atoms with van der Waals surface area (Å²) in [4.78, 5) is 0. The molecule has 0 saturated heterocycles. The molecular formula is C7H20BP. The molecule has 0 bridgehead atoms. The fourth-order valence-electron chi connectivity index (χ4n) is 1.50. The van der Waals surface area contributed by atoms with Crippen molar-refractivity contribution in [1.29, 1.82) is 0 Å². The molecule has 0 nitrogen and oxygen atoms in total. The van der Waals surface area contributed by atoms with Gasteiger partial charge in [-0.15, -0.1) is 0 Å². The second-order valence-electron chi connectivity index (χ2n) is 2.91. The molecule has 2 heteroatoms. The van der Waals surface area contributed by atoms with E-state index in [2.05, 4.69) is 28.6 Å².